The molecule has 1 aromatic carbocycles. The van der Waals surface area contributed by atoms with Gasteiger partial charge in [-0.1, -0.05) is 18.2 Å². The van der Waals surface area contributed by atoms with Crippen molar-refractivity contribution in [2.45, 2.75) is 31.8 Å². The third kappa shape index (κ3) is 2.99. The second kappa shape index (κ2) is 5.52. The molecular weight excluding hydrogens is 212 g/mol. The lowest BCUT2D eigenvalue weighted by molar-refractivity contribution is 0.205. The number of ether oxygens (including phenoxy) is 1. The monoisotopic (exact) mass is 234 g/mol. The Labute approximate surface area is 104 Å². The average molecular weight is 234 g/mol. The molecule has 1 saturated carbocycles. The highest BCUT2D eigenvalue weighted by Gasteiger charge is 2.30. The summed E-state index contributed by atoms with van der Waals surface area (Å²) < 4.78 is 5.20. The Kier molecular flexibility index (Phi) is 4.02. The molecule has 1 aromatic rings. The summed E-state index contributed by atoms with van der Waals surface area (Å²) in [5, 5.41) is 0. The largest absolute Gasteiger partial charge is 0.383 e. The first-order valence-corrected chi connectivity index (χ1v) is 6.34. The molecular formula is C14H22N2O. The van der Waals surface area contributed by atoms with Gasteiger partial charge in [-0.25, -0.2) is 0 Å². The number of anilines is 1. The van der Waals surface area contributed by atoms with Crippen LogP contribution in [0.25, 0.3) is 0 Å². The topological polar surface area (TPSA) is 38.5 Å². The van der Waals surface area contributed by atoms with Crippen molar-refractivity contribution >= 4 is 5.69 Å². The zero-order chi connectivity index (χ0) is 12.3. The molecule has 0 heterocycles. The summed E-state index contributed by atoms with van der Waals surface area (Å²) in [6.45, 7) is 3.76. The first-order chi connectivity index (χ1) is 8.24. The van der Waals surface area contributed by atoms with Crippen LogP contribution in [0.4, 0.5) is 5.69 Å². The Hall–Kier alpha value is -1.06. The zero-order valence-electron chi connectivity index (χ0n) is 10.7. The lowest BCUT2D eigenvalue weighted by atomic mass is 10.1. The number of methoxy groups -OCH3 is 1. The van der Waals surface area contributed by atoms with Gasteiger partial charge in [-0.2, -0.15) is 0 Å². The quantitative estimate of drug-likeness (QED) is 0.821. The van der Waals surface area contributed by atoms with E-state index in [0.717, 1.165) is 13.2 Å². The molecule has 2 rings (SSSR count). The van der Waals surface area contributed by atoms with Gasteiger partial charge in [0.1, 0.15) is 0 Å². The summed E-state index contributed by atoms with van der Waals surface area (Å²) in [7, 11) is 1.75. The fourth-order valence-electron chi connectivity index (χ4n) is 2.21. The number of hydrogen-bond acceptors (Lipinski definition) is 3. The Morgan fingerprint density at radius 3 is 2.71 bits per heavy atom. The van der Waals surface area contributed by atoms with Gasteiger partial charge in [-0.05, 0) is 31.4 Å². The van der Waals surface area contributed by atoms with Crippen LogP contribution < -0.4 is 10.6 Å². The number of nitrogens with zero attached hydrogens (tertiary/aromatic N) is 1. The summed E-state index contributed by atoms with van der Waals surface area (Å²) in [6, 6.07) is 9.21. The molecule has 2 N–H and O–H groups in total. The molecule has 3 heteroatoms. The fourth-order valence-corrected chi connectivity index (χ4v) is 2.21. The van der Waals surface area contributed by atoms with Gasteiger partial charge in [0.05, 0.1) is 6.61 Å². The van der Waals surface area contributed by atoms with Crippen molar-refractivity contribution < 1.29 is 4.74 Å². The van der Waals surface area contributed by atoms with Gasteiger partial charge in [0, 0.05) is 31.4 Å². The van der Waals surface area contributed by atoms with Gasteiger partial charge in [0.15, 0.2) is 0 Å². The van der Waals surface area contributed by atoms with Crippen LogP contribution in [0.15, 0.2) is 24.3 Å². The second-order valence-corrected chi connectivity index (χ2v) is 4.76. The van der Waals surface area contributed by atoms with E-state index < -0.39 is 0 Å². The normalized spacial score (nSPS) is 16.9. The third-order valence-corrected chi connectivity index (χ3v) is 3.26. The predicted molar refractivity (Wildman–Crippen MR) is 71.3 cm³/mol. The molecule has 1 atom stereocenters. The standard InChI is InChI=1S/C14H22N2O/c1-11(15)13-5-3-4-6-14(13)16(9-10-17-2)12-7-8-12/h3-6,11-12H,7-10,15H2,1-2H3/t11-/m1/s1. The molecule has 0 unspecified atom stereocenters. The van der Waals surface area contributed by atoms with Crippen LogP contribution in [0.2, 0.25) is 0 Å². The maximum absolute atomic E-state index is 6.04. The van der Waals surface area contributed by atoms with Crippen molar-refractivity contribution in [1.29, 1.82) is 0 Å². The summed E-state index contributed by atoms with van der Waals surface area (Å²) in [6.07, 6.45) is 2.58. The molecule has 1 fully saturated rings. The number of hydrogen-bond donors (Lipinski definition) is 1. The van der Waals surface area contributed by atoms with Crippen LogP contribution in [0, 0.1) is 0 Å². The molecule has 0 saturated heterocycles. The highest BCUT2D eigenvalue weighted by atomic mass is 16.5. The average Bonchev–Trinajstić information content (AvgIpc) is 3.14. The molecule has 0 aliphatic heterocycles. The Morgan fingerprint density at radius 1 is 1.41 bits per heavy atom. The van der Waals surface area contributed by atoms with E-state index in [-0.39, 0.29) is 6.04 Å². The van der Waals surface area contributed by atoms with Gasteiger partial charge in [-0.3, -0.25) is 0 Å². The van der Waals surface area contributed by atoms with Crippen LogP contribution >= 0.6 is 0 Å². The first-order valence-electron chi connectivity index (χ1n) is 6.34. The van der Waals surface area contributed by atoms with Crippen LogP contribution in [0.5, 0.6) is 0 Å². The Morgan fingerprint density at radius 2 is 2.12 bits per heavy atom. The van der Waals surface area contributed by atoms with Gasteiger partial charge >= 0.3 is 0 Å². The van der Waals surface area contributed by atoms with Crippen molar-refractivity contribution in [2.24, 2.45) is 5.73 Å². The van der Waals surface area contributed by atoms with E-state index in [1.807, 2.05) is 6.92 Å². The minimum absolute atomic E-state index is 0.0787. The maximum atomic E-state index is 6.04. The molecule has 0 spiro atoms. The maximum Gasteiger partial charge on any atom is 0.0637 e. The lowest BCUT2D eigenvalue weighted by Gasteiger charge is -2.28. The van der Waals surface area contributed by atoms with E-state index in [1.54, 1.807) is 7.11 Å². The van der Waals surface area contributed by atoms with Crippen LogP contribution in [0.3, 0.4) is 0 Å². The first kappa shape index (κ1) is 12.4. The highest BCUT2D eigenvalue weighted by molar-refractivity contribution is 5.56. The van der Waals surface area contributed by atoms with Gasteiger partial charge < -0.3 is 15.4 Å². The molecule has 94 valence electrons. The number of para-hydroxylation sites is 1. The Balaban J connectivity index is 2.22. The molecule has 0 aromatic heterocycles. The van der Waals surface area contributed by atoms with Crippen molar-refractivity contribution in [3.05, 3.63) is 29.8 Å². The van der Waals surface area contributed by atoms with Crippen molar-refractivity contribution in [1.82, 2.24) is 0 Å². The molecule has 1 aliphatic carbocycles. The molecule has 0 bridgehead atoms. The van der Waals surface area contributed by atoms with E-state index in [1.165, 1.54) is 24.1 Å². The number of nitrogens with two attached hydrogens (primary N) is 1. The molecule has 0 amide bonds. The Bertz CT molecular complexity index is 361. The van der Waals surface area contributed by atoms with Crippen molar-refractivity contribution in [2.75, 3.05) is 25.2 Å². The minimum atomic E-state index is 0.0787. The van der Waals surface area contributed by atoms with E-state index in [0.29, 0.717) is 6.04 Å². The van der Waals surface area contributed by atoms with Gasteiger partial charge in [0.25, 0.3) is 0 Å². The zero-order valence-corrected chi connectivity index (χ0v) is 10.7. The molecule has 0 radical (unpaired) electrons. The van der Waals surface area contributed by atoms with E-state index in [2.05, 4.69) is 29.2 Å². The SMILES string of the molecule is COCCN(c1ccccc1[C@@H](C)N)C1CC1. The number of benzene rings is 1. The summed E-state index contributed by atoms with van der Waals surface area (Å²) >= 11 is 0. The lowest BCUT2D eigenvalue weighted by Crippen LogP contribution is -2.31. The highest BCUT2D eigenvalue weighted by Crippen LogP contribution is 2.34. The van der Waals surface area contributed by atoms with Crippen molar-refractivity contribution in [3.8, 4) is 0 Å². The van der Waals surface area contributed by atoms with Crippen molar-refractivity contribution in [3.63, 3.8) is 0 Å². The fraction of sp³-hybridized carbons (Fsp3) is 0.571. The van der Waals surface area contributed by atoms with Gasteiger partial charge in [0.2, 0.25) is 0 Å². The molecule has 1 aliphatic rings. The minimum Gasteiger partial charge on any atom is -0.383 e. The predicted octanol–water partition coefficient (Wildman–Crippen LogP) is 2.32. The smallest absolute Gasteiger partial charge is 0.0637 e. The van der Waals surface area contributed by atoms with Crippen LogP contribution in [-0.4, -0.2) is 26.3 Å². The summed E-state index contributed by atoms with van der Waals surface area (Å²) in [5.74, 6) is 0. The van der Waals surface area contributed by atoms with Crippen LogP contribution in [-0.2, 0) is 4.74 Å². The molecule has 3 nitrogen and oxygen atoms in total. The summed E-state index contributed by atoms with van der Waals surface area (Å²) in [4.78, 5) is 2.45. The van der Waals surface area contributed by atoms with Crippen LogP contribution in [0.1, 0.15) is 31.4 Å². The molecule has 17 heavy (non-hydrogen) atoms. The number of rotatable bonds is 6. The van der Waals surface area contributed by atoms with E-state index in [9.17, 15) is 0 Å². The third-order valence-electron chi connectivity index (χ3n) is 3.26. The summed E-state index contributed by atoms with van der Waals surface area (Å²) in [5.41, 5.74) is 8.56. The second-order valence-electron chi connectivity index (χ2n) is 4.76. The van der Waals surface area contributed by atoms with E-state index in [4.69, 9.17) is 10.5 Å². The van der Waals surface area contributed by atoms with Gasteiger partial charge in [-0.15, -0.1) is 0 Å². The van der Waals surface area contributed by atoms with E-state index >= 15 is 0 Å².